The zero-order valence-corrected chi connectivity index (χ0v) is 16.0. The van der Waals surface area contributed by atoms with Crippen LogP contribution in [-0.2, 0) is 6.42 Å². The lowest BCUT2D eigenvalue weighted by Crippen LogP contribution is -1.91. The number of benzene rings is 3. The van der Waals surface area contributed by atoms with Crippen LogP contribution in [0.4, 0.5) is 13.2 Å². The van der Waals surface area contributed by atoms with E-state index in [9.17, 15) is 13.2 Å². The second-order valence-corrected chi connectivity index (χ2v) is 7.03. The van der Waals surface area contributed by atoms with Crippen molar-refractivity contribution in [2.75, 3.05) is 0 Å². The average molecular weight is 380 g/mol. The van der Waals surface area contributed by atoms with E-state index in [1.54, 1.807) is 24.3 Å². The minimum absolute atomic E-state index is 0.208. The molecule has 0 aliphatic heterocycles. The van der Waals surface area contributed by atoms with Crippen molar-refractivity contribution < 1.29 is 13.2 Å². The van der Waals surface area contributed by atoms with Crippen LogP contribution in [0.3, 0.4) is 0 Å². The molecule has 0 unspecified atom stereocenters. The quantitative estimate of drug-likeness (QED) is 0.314. The molecule has 3 aromatic rings. The fourth-order valence-electron chi connectivity index (χ4n) is 3.23. The van der Waals surface area contributed by atoms with E-state index in [0.29, 0.717) is 16.5 Å². The highest BCUT2D eigenvalue weighted by Crippen LogP contribution is 2.21. The highest BCUT2D eigenvalue weighted by Gasteiger charge is 2.07. The smallest absolute Gasteiger partial charge is 0.166 e. The molecular weight excluding hydrogens is 357 g/mol. The first-order valence-electron chi connectivity index (χ1n) is 9.76. The topological polar surface area (TPSA) is 0 Å². The second kappa shape index (κ2) is 9.46. The molecule has 0 radical (unpaired) electrons. The van der Waals surface area contributed by atoms with Gasteiger partial charge in [-0.2, -0.15) is 0 Å². The molecule has 0 aromatic heterocycles. The fourth-order valence-corrected chi connectivity index (χ4v) is 3.23. The third-order valence-electron chi connectivity index (χ3n) is 4.85. The molecule has 0 nitrogen and oxygen atoms in total. The van der Waals surface area contributed by atoms with Gasteiger partial charge >= 0.3 is 0 Å². The summed E-state index contributed by atoms with van der Waals surface area (Å²) in [6, 6.07) is 12.6. The van der Waals surface area contributed by atoms with Crippen LogP contribution in [0.5, 0.6) is 0 Å². The van der Waals surface area contributed by atoms with Crippen LogP contribution in [0.1, 0.15) is 55.7 Å². The molecule has 0 atom stereocenters. The molecule has 144 valence electrons. The molecule has 0 saturated heterocycles. The Bertz CT molecular complexity index is 1030. The molecule has 3 heteroatoms. The normalized spacial score (nSPS) is 10.7. The summed E-state index contributed by atoms with van der Waals surface area (Å²) in [4.78, 5) is 0. The van der Waals surface area contributed by atoms with Gasteiger partial charge in [-0.05, 0) is 54.1 Å². The van der Waals surface area contributed by atoms with Crippen molar-refractivity contribution in [3.63, 3.8) is 0 Å². The van der Waals surface area contributed by atoms with Crippen LogP contribution in [0.2, 0.25) is 0 Å². The molecule has 0 spiro atoms. The van der Waals surface area contributed by atoms with Crippen LogP contribution in [-0.4, -0.2) is 0 Å². The van der Waals surface area contributed by atoms with Crippen molar-refractivity contribution in [2.24, 2.45) is 0 Å². The fraction of sp³-hybridized carbons (Fsp3) is 0.280. The Morgan fingerprint density at radius 1 is 0.750 bits per heavy atom. The number of rotatable bonds is 6. The van der Waals surface area contributed by atoms with Gasteiger partial charge in [0, 0.05) is 10.9 Å². The van der Waals surface area contributed by atoms with E-state index < -0.39 is 11.6 Å². The molecule has 3 rings (SSSR count). The Morgan fingerprint density at radius 2 is 1.57 bits per heavy atom. The number of hydrogen-bond acceptors (Lipinski definition) is 0. The monoisotopic (exact) mass is 380 g/mol. The van der Waals surface area contributed by atoms with Gasteiger partial charge in [0.15, 0.2) is 11.6 Å². The first-order chi connectivity index (χ1) is 13.6. The zero-order valence-electron chi connectivity index (χ0n) is 16.0. The maximum atomic E-state index is 14.3. The lowest BCUT2D eigenvalue weighted by atomic mass is 10.0. The van der Waals surface area contributed by atoms with Crippen molar-refractivity contribution >= 4 is 10.8 Å². The van der Waals surface area contributed by atoms with Gasteiger partial charge < -0.3 is 0 Å². The molecule has 0 aliphatic rings. The first-order valence-corrected chi connectivity index (χ1v) is 9.76. The summed E-state index contributed by atoms with van der Waals surface area (Å²) in [5, 5.41) is 0.768. The predicted molar refractivity (Wildman–Crippen MR) is 109 cm³/mol. The largest absolute Gasteiger partial charge is 0.206 e. The van der Waals surface area contributed by atoms with Gasteiger partial charge in [-0.3, -0.25) is 0 Å². The van der Waals surface area contributed by atoms with Crippen LogP contribution < -0.4 is 0 Å². The minimum atomic E-state index is -0.876. The van der Waals surface area contributed by atoms with Crippen molar-refractivity contribution in [2.45, 2.75) is 45.4 Å². The Hall–Kier alpha value is -2.73. The van der Waals surface area contributed by atoms with Crippen LogP contribution in [0.15, 0.2) is 48.5 Å². The van der Waals surface area contributed by atoms with E-state index in [1.165, 1.54) is 37.8 Å². The molecule has 0 bridgehead atoms. The molecule has 0 saturated carbocycles. The lowest BCUT2D eigenvalue weighted by molar-refractivity contribution is 0.517. The number of fused-ring (bicyclic) bond motifs is 1. The molecule has 0 fully saturated rings. The number of aryl methyl sites for hydroxylation is 1. The van der Waals surface area contributed by atoms with E-state index in [1.807, 2.05) is 6.07 Å². The summed E-state index contributed by atoms with van der Waals surface area (Å²) in [6.45, 7) is 2.19. The summed E-state index contributed by atoms with van der Waals surface area (Å²) >= 11 is 0. The van der Waals surface area contributed by atoms with Gasteiger partial charge in [-0.15, -0.1) is 0 Å². The van der Waals surface area contributed by atoms with E-state index in [2.05, 4.69) is 18.8 Å². The zero-order chi connectivity index (χ0) is 19.9. The Labute approximate surface area is 164 Å². The van der Waals surface area contributed by atoms with E-state index in [4.69, 9.17) is 0 Å². The van der Waals surface area contributed by atoms with Gasteiger partial charge in [0.1, 0.15) is 5.82 Å². The SMILES string of the molecule is CCCCCCCc1ccc(C#Cc2ccc3c(F)c(F)ccc3c2)c(F)c1. The van der Waals surface area contributed by atoms with E-state index in [-0.39, 0.29) is 11.2 Å². The summed E-state index contributed by atoms with van der Waals surface area (Å²) in [5.74, 6) is 3.68. The molecule has 0 heterocycles. The highest BCUT2D eigenvalue weighted by atomic mass is 19.2. The average Bonchev–Trinajstić information content (AvgIpc) is 2.70. The van der Waals surface area contributed by atoms with Crippen molar-refractivity contribution in [1.29, 1.82) is 0 Å². The molecule has 0 aliphatic carbocycles. The van der Waals surface area contributed by atoms with Crippen molar-refractivity contribution in [3.8, 4) is 11.8 Å². The van der Waals surface area contributed by atoms with Gasteiger partial charge in [-0.1, -0.05) is 62.6 Å². The summed E-state index contributed by atoms with van der Waals surface area (Å²) in [6.07, 6.45) is 6.80. The third kappa shape index (κ3) is 4.95. The van der Waals surface area contributed by atoms with Gasteiger partial charge in [0.2, 0.25) is 0 Å². The Kier molecular flexibility index (Phi) is 6.76. The second-order valence-electron chi connectivity index (χ2n) is 7.03. The van der Waals surface area contributed by atoms with Crippen molar-refractivity contribution in [3.05, 3.63) is 82.7 Å². The minimum Gasteiger partial charge on any atom is -0.206 e. The number of halogens is 3. The van der Waals surface area contributed by atoms with Gasteiger partial charge in [0.25, 0.3) is 0 Å². The van der Waals surface area contributed by atoms with Crippen molar-refractivity contribution in [1.82, 2.24) is 0 Å². The molecule has 3 aromatic carbocycles. The summed E-state index contributed by atoms with van der Waals surface area (Å²) in [7, 11) is 0. The molecule has 0 N–H and O–H groups in total. The van der Waals surface area contributed by atoms with Crippen LogP contribution >= 0.6 is 0 Å². The maximum Gasteiger partial charge on any atom is 0.166 e. The Balaban J connectivity index is 1.71. The number of hydrogen-bond donors (Lipinski definition) is 0. The van der Waals surface area contributed by atoms with E-state index in [0.717, 1.165) is 24.5 Å². The molecule has 0 amide bonds. The highest BCUT2D eigenvalue weighted by molar-refractivity contribution is 5.84. The molecule has 28 heavy (non-hydrogen) atoms. The Morgan fingerprint density at radius 3 is 2.36 bits per heavy atom. The van der Waals surface area contributed by atoms with Gasteiger partial charge in [-0.25, -0.2) is 13.2 Å². The summed E-state index contributed by atoms with van der Waals surface area (Å²) in [5.41, 5.74) is 1.95. The van der Waals surface area contributed by atoms with E-state index >= 15 is 0 Å². The lowest BCUT2D eigenvalue weighted by Gasteiger charge is -2.03. The number of unbranched alkanes of at least 4 members (excludes halogenated alkanes) is 4. The summed E-state index contributed by atoms with van der Waals surface area (Å²) < 4.78 is 41.4. The first kappa shape index (κ1) is 20.0. The van der Waals surface area contributed by atoms with Crippen LogP contribution in [0, 0.1) is 29.3 Å². The standard InChI is InChI=1S/C25H23F3/c1-2-3-4-5-6-7-18-8-11-20(24(27)17-18)12-9-19-10-14-22-21(16-19)13-15-23(26)25(22)28/h8,10-11,13-17H,2-7H2,1H3. The maximum absolute atomic E-state index is 14.3. The van der Waals surface area contributed by atoms with Gasteiger partial charge in [0.05, 0.1) is 5.56 Å². The molecular formula is C25H23F3. The van der Waals surface area contributed by atoms with Crippen LogP contribution in [0.25, 0.3) is 10.8 Å². The predicted octanol–water partition coefficient (Wildman–Crippen LogP) is 7.17. The third-order valence-corrected chi connectivity index (χ3v) is 4.85.